The number of phosphoric acid groups is 2. The van der Waals surface area contributed by atoms with Crippen molar-refractivity contribution in [1.82, 2.24) is 0 Å². The van der Waals surface area contributed by atoms with Gasteiger partial charge in [-0.05, 0) is 161 Å². The van der Waals surface area contributed by atoms with E-state index >= 15 is 0 Å². The molecule has 0 radical (unpaired) electrons. The molecule has 0 aromatic rings. The van der Waals surface area contributed by atoms with E-state index in [1.807, 2.05) is 0 Å². The minimum atomic E-state index is -4.96. The van der Waals surface area contributed by atoms with Gasteiger partial charge in [-0.25, -0.2) is 9.13 Å². The van der Waals surface area contributed by atoms with Crippen molar-refractivity contribution in [2.75, 3.05) is 39.6 Å². The number of phosphoric ester groups is 2. The predicted octanol–water partition coefficient (Wildman–Crippen LogP) is 29.4. The maximum absolute atomic E-state index is 13.0. The van der Waals surface area contributed by atoms with Crippen molar-refractivity contribution in [3.63, 3.8) is 0 Å². The zero-order valence-electron chi connectivity index (χ0n) is 75.2. The summed E-state index contributed by atoms with van der Waals surface area (Å²) in [6.07, 6.45) is 120. The molecule has 0 heterocycles. The molecule has 0 rings (SSSR count). The van der Waals surface area contributed by atoms with Gasteiger partial charge in [0, 0.05) is 19.3 Å². The smallest absolute Gasteiger partial charge is 0.463 e. The molecule has 0 fully saturated rings. The van der Waals surface area contributed by atoms with Crippen molar-refractivity contribution in [1.29, 1.82) is 0 Å². The van der Waals surface area contributed by atoms with Crippen LogP contribution in [0.5, 0.6) is 0 Å². The van der Waals surface area contributed by atoms with Crippen molar-refractivity contribution < 1.29 is 75.8 Å². The highest BCUT2D eigenvalue weighted by Crippen LogP contribution is 2.45. The molecule has 5 unspecified atom stereocenters. The van der Waals surface area contributed by atoms with E-state index in [0.717, 1.165) is 135 Å². The number of aliphatic hydroxyl groups excluding tert-OH is 2. The maximum atomic E-state index is 13.0. The third kappa shape index (κ3) is 93.5. The van der Waals surface area contributed by atoms with Gasteiger partial charge in [-0.15, -0.1) is 0 Å². The Balaban J connectivity index is 4.56. The molecule has 0 amide bonds. The second kappa shape index (κ2) is 92.1. The van der Waals surface area contributed by atoms with Gasteiger partial charge in [0.25, 0.3) is 0 Å². The van der Waals surface area contributed by atoms with Crippen LogP contribution >= 0.6 is 15.6 Å². The Labute approximate surface area is 726 Å². The van der Waals surface area contributed by atoms with Gasteiger partial charge in [0.05, 0.1) is 26.4 Å². The first-order valence-corrected chi connectivity index (χ1v) is 50.4. The number of aliphatic hydroxyl groups is 2. The first-order valence-electron chi connectivity index (χ1n) is 47.4. The normalized spacial score (nSPS) is 14.5. The summed E-state index contributed by atoms with van der Waals surface area (Å²) in [6, 6.07) is 0. The molecule has 0 saturated heterocycles. The highest BCUT2D eigenvalue weighted by atomic mass is 31.2. The third-order valence-corrected chi connectivity index (χ3v) is 21.8. The molecule has 0 aromatic heterocycles. The summed E-state index contributed by atoms with van der Waals surface area (Å²) in [4.78, 5) is 59.0. The maximum Gasteiger partial charge on any atom is 0.472 e. The Morgan fingerprint density at radius 2 is 0.445 bits per heavy atom. The summed E-state index contributed by atoms with van der Waals surface area (Å²) in [7, 11) is -9.83. The zero-order valence-corrected chi connectivity index (χ0v) is 77.0. The summed E-state index contributed by atoms with van der Waals surface area (Å²) in [5, 5.41) is 20.7. The largest absolute Gasteiger partial charge is 0.472 e. The van der Waals surface area contributed by atoms with E-state index in [0.29, 0.717) is 25.7 Å². The van der Waals surface area contributed by atoms with E-state index in [2.05, 4.69) is 191 Å². The van der Waals surface area contributed by atoms with E-state index in [1.165, 1.54) is 193 Å². The SMILES string of the molecule is CC/C=C\C/C=C\C/C=C\C/C=C\C/C=C\C/C=C\CCCCC(=O)OC(COC(=O)CCCCCCCCCCCCC/C=C\C/C=C\C/C=C\C/C=C\CCCCC)COP(=O)(O)OCC(O)COP(=O)(O)OCC(O)COC(=O)CCCCCCCCCCCCCCCCCCCCC/C=C\C/C=C\C/C=C\C/C=C\CCCCC. The molecule has 5 atom stereocenters. The quantitative estimate of drug-likeness (QED) is 0.0146. The van der Waals surface area contributed by atoms with Gasteiger partial charge >= 0.3 is 33.6 Å². The molecular formula is C101H172O16P2. The average molecular weight is 1700 g/mol. The number of ether oxygens (including phenoxy) is 3. The van der Waals surface area contributed by atoms with Gasteiger partial charge in [-0.3, -0.25) is 32.5 Å². The third-order valence-electron chi connectivity index (χ3n) is 19.9. The van der Waals surface area contributed by atoms with Crippen LogP contribution in [0.3, 0.4) is 0 Å². The lowest BCUT2D eigenvalue weighted by molar-refractivity contribution is -0.161. The number of carbonyl (C=O) groups excluding carboxylic acids is 3. The van der Waals surface area contributed by atoms with Gasteiger partial charge in [-0.2, -0.15) is 0 Å². The fourth-order valence-electron chi connectivity index (χ4n) is 12.7. The first kappa shape index (κ1) is 114. The molecule has 0 aromatic carbocycles. The van der Waals surface area contributed by atoms with Gasteiger partial charge in [-0.1, -0.05) is 384 Å². The highest BCUT2D eigenvalue weighted by Gasteiger charge is 2.29. The van der Waals surface area contributed by atoms with Gasteiger partial charge in [0.15, 0.2) is 6.10 Å². The van der Waals surface area contributed by atoms with Crippen molar-refractivity contribution in [3.05, 3.63) is 170 Å². The van der Waals surface area contributed by atoms with E-state index in [-0.39, 0.29) is 19.3 Å². The van der Waals surface area contributed by atoms with Crippen LogP contribution in [0.1, 0.15) is 393 Å². The van der Waals surface area contributed by atoms with Gasteiger partial charge < -0.3 is 34.2 Å². The minimum Gasteiger partial charge on any atom is -0.463 e. The first-order chi connectivity index (χ1) is 58.2. The number of carbonyl (C=O) groups is 3. The summed E-state index contributed by atoms with van der Waals surface area (Å²) in [5.74, 6) is -1.62. The average Bonchev–Trinajstić information content (AvgIpc) is 0.909. The summed E-state index contributed by atoms with van der Waals surface area (Å²) in [6.45, 7) is 2.50. The Bertz CT molecular complexity index is 2840. The number of rotatable bonds is 89. The van der Waals surface area contributed by atoms with E-state index in [4.69, 9.17) is 32.3 Å². The van der Waals surface area contributed by atoms with Crippen LogP contribution in [0, 0.1) is 0 Å². The van der Waals surface area contributed by atoms with Gasteiger partial charge in [0.1, 0.15) is 25.4 Å². The number of allylic oxidation sites excluding steroid dienone is 28. The van der Waals surface area contributed by atoms with Crippen LogP contribution in [0.2, 0.25) is 0 Å². The number of esters is 3. The molecule has 4 N–H and O–H groups in total. The number of hydrogen-bond donors (Lipinski definition) is 4. The van der Waals surface area contributed by atoms with Crippen LogP contribution in [0.15, 0.2) is 170 Å². The van der Waals surface area contributed by atoms with Crippen molar-refractivity contribution in [2.45, 2.75) is 411 Å². The Morgan fingerprint density at radius 1 is 0.244 bits per heavy atom. The molecule has 0 spiro atoms. The lowest BCUT2D eigenvalue weighted by Crippen LogP contribution is -2.30. The Morgan fingerprint density at radius 3 is 0.723 bits per heavy atom. The molecule has 16 nitrogen and oxygen atoms in total. The summed E-state index contributed by atoms with van der Waals surface area (Å²) in [5.41, 5.74) is 0. The second-order valence-corrected chi connectivity index (χ2v) is 34.3. The lowest BCUT2D eigenvalue weighted by Gasteiger charge is -2.21. The Kier molecular flexibility index (Phi) is 88.2. The molecule has 18 heteroatoms. The molecule has 119 heavy (non-hydrogen) atoms. The van der Waals surface area contributed by atoms with Crippen LogP contribution in [-0.4, -0.2) is 95.9 Å². The summed E-state index contributed by atoms with van der Waals surface area (Å²) < 4.78 is 61.4. The summed E-state index contributed by atoms with van der Waals surface area (Å²) >= 11 is 0. The monoisotopic (exact) mass is 1700 g/mol. The fourth-order valence-corrected chi connectivity index (χ4v) is 14.3. The van der Waals surface area contributed by atoms with E-state index in [1.54, 1.807) is 0 Å². The van der Waals surface area contributed by atoms with Crippen LogP contribution in [0.25, 0.3) is 0 Å². The number of unbranched alkanes of at least 4 members (excludes halogenated alkanes) is 38. The topological polar surface area (TPSA) is 231 Å². The number of hydrogen-bond acceptors (Lipinski definition) is 14. The van der Waals surface area contributed by atoms with Gasteiger partial charge in [0.2, 0.25) is 0 Å². The molecule has 0 aliphatic rings. The van der Waals surface area contributed by atoms with Crippen LogP contribution < -0.4 is 0 Å². The fraction of sp³-hybridized carbons (Fsp3) is 0.693. The van der Waals surface area contributed by atoms with Crippen LogP contribution in [-0.2, 0) is 55.8 Å². The molecule has 682 valence electrons. The Hall–Kier alpha value is -5.09. The van der Waals surface area contributed by atoms with E-state index < -0.39 is 91.5 Å². The van der Waals surface area contributed by atoms with Crippen molar-refractivity contribution in [3.8, 4) is 0 Å². The zero-order chi connectivity index (χ0) is 86.5. The molecule has 0 aliphatic carbocycles. The minimum absolute atomic E-state index is 0.0443. The second-order valence-electron chi connectivity index (χ2n) is 31.4. The molecular weight excluding hydrogens is 1530 g/mol. The van der Waals surface area contributed by atoms with Crippen molar-refractivity contribution >= 4 is 33.6 Å². The van der Waals surface area contributed by atoms with Crippen molar-refractivity contribution in [2.24, 2.45) is 0 Å². The molecule has 0 bridgehead atoms. The standard InChI is InChI=1S/C101H172O16P2/c1-4-7-10-13-16-19-22-25-28-31-34-37-39-41-43-44-45-46-47-48-49-50-52-54-55-58-60-63-66-69-72-75-78-81-84-87-99(104)111-90-96(102)91-113-118(107,108)114-92-97(103)93-115-119(109,110)116-95-98(117-101(106)89-86-83-80-77-74-71-68-65-62-57-36-33-30-27-24-21-18-15-12-9-6-3)94-112-100(105)88-85-82-79-76-73-70-67-64-61-59-56-53-51-42-40-38-35-32-29-26-23-20-17-14-11-8-5-2/h9,12,16-21,25-30,34-38,41-43,51,57,65,68,74,77,96-98,102-103H,4-8,10-11,13-15,22-24,31-33,39-40,44-50,52-56,58-64,66-67,69-73,75-76,78-95H2,1-3H3,(H,107,108)(H,109,110)/b12-9-,19-16-,20-17-,21-18-,28-25-,29-26-,30-27-,37-34-,38-35-,43-41-,51-42-,57-36-,68-65-,77-74-. The van der Waals surface area contributed by atoms with Crippen LogP contribution in [0.4, 0.5) is 0 Å². The highest BCUT2D eigenvalue weighted by molar-refractivity contribution is 7.47. The molecule has 0 aliphatic heterocycles. The lowest BCUT2D eigenvalue weighted by atomic mass is 10.0. The molecule has 0 saturated carbocycles. The predicted molar refractivity (Wildman–Crippen MR) is 500 cm³/mol. The van der Waals surface area contributed by atoms with E-state index in [9.17, 15) is 43.5 Å².